The largest absolute Gasteiger partial charge is 0.509 e. The monoisotopic (exact) mass is 454 g/mol. The Hall–Kier alpha value is -2.68. The number of ketones is 1. The van der Waals surface area contributed by atoms with Gasteiger partial charge in [-0.2, -0.15) is 0 Å². The molecule has 1 aliphatic carbocycles. The second-order valence-corrected chi connectivity index (χ2v) is 9.75. The fraction of sp³-hybridized carbons (Fsp3) is 0.292. The van der Waals surface area contributed by atoms with E-state index in [4.69, 9.17) is 0 Å². The number of hydrogen-bond acceptors (Lipinski definition) is 6. The summed E-state index contributed by atoms with van der Waals surface area (Å²) in [6.45, 7) is 0.415. The van der Waals surface area contributed by atoms with Crippen molar-refractivity contribution in [3.63, 3.8) is 0 Å². The van der Waals surface area contributed by atoms with E-state index in [1.54, 1.807) is 17.3 Å². The van der Waals surface area contributed by atoms with Crippen molar-refractivity contribution in [2.24, 2.45) is 5.41 Å². The van der Waals surface area contributed by atoms with Crippen LogP contribution in [0.1, 0.15) is 35.6 Å². The van der Waals surface area contributed by atoms with Crippen LogP contribution in [-0.4, -0.2) is 38.7 Å². The molecule has 2 aromatic rings. The molecule has 1 fully saturated rings. The van der Waals surface area contributed by atoms with Crippen LogP contribution in [0.2, 0.25) is 0 Å². The summed E-state index contributed by atoms with van der Waals surface area (Å²) in [5, 5.41) is 24.6. The summed E-state index contributed by atoms with van der Waals surface area (Å²) in [4.78, 5) is 13.8. The Kier molecular flexibility index (Phi) is 4.31. The van der Waals surface area contributed by atoms with Gasteiger partial charge in [0.25, 0.3) is 0 Å². The number of hydrazine groups is 1. The van der Waals surface area contributed by atoms with Crippen LogP contribution in [0.5, 0.6) is 0 Å². The fourth-order valence-corrected chi connectivity index (χ4v) is 6.09. The molecule has 3 aliphatic heterocycles. The molecule has 3 heterocycles. The zero-order chi connectivity index (χ0) is 22.2. The Morgan fingerprint density at radius 3 is 2.66 bits per heavy atom. The van der Waals surface area contributed by atoms with E-state index in [2.05, 4.69) is 0 Å². The number of benzene rings is 2. The lowest BCUT2D eigenvalue weighted by atomic mass is 9.89. The minimum absolute atomic E-state index is 0.00365. The third-order valence-electron chi connectivity index (χ3n) is 6.87. The highest BCUT2D eigenvalue weighted by Crippen LogP contribution is 2.58. The number of carbonyl (C=O) groups is 1. The number of hydrogen-bond donors (Lipinski definition) is 2. The Bertz CT molecular complexity index is 1220. The maximum atomic E-state index is 14.9. The Labute approximate surface area is 187 Å². The Balaban J connectivity index is 1.59. The zero-order valence-electron chi connectivity index (χ0n) is 17.0. The first kappa shape index (κ1) is 20.0. The minimum atomic E-state index is -1.32. The van der Waals surface area contributed by atoms with Gasteiger partial charge in [0, 0.05) is 34.4 Å². The molecule has 0 aromatic heterocycles. The van der Waals surface area contributed by atoms with Gasteiger partial charge < -0.3 is 10.2 Å². The molecule has 2 atom stereocenters. The average molecular weight is 454 g/mol. The van der Waals surface area contributed by atoms with Crippen LogP contribution in [0.3, 0.4) is 0 Å². The molecule has 2 N–H and O–H groups in total. The molecule has 4 aliphatic rings. The van der Waals surface area contributed by atoms with Crippen LogP contribution in [0.25, 0.3) is 0 Å². The number of aliphatic hydroxyl groups excluding tert-OH is 2. The van der Waals surface area contributed by atoms with Gasteiger partial charge in [-0.3, -0.25) is 9.80 Å². The second-order valence-electron chi connectivity index (χ2n) is 8.73. The van der Waals surface area contributed by atoms with Crippen molar-refractivity contribution in [3.05, 3.63) is 88.5 Å². The molecule has 6 rings (SSSR count). The van der Waals surface area contributed by atoms with Gasteiger partial charge in [-0.15, -0.1) is 11.8 Å². The van der Waals surface area contributed by atoms with Gasteiger partial charge in [-0.1, -0.05) is 24.3 Å². The maximum absolute atomic E-state index is 14.9. The van der Waals surface area contributed by atoms with E-state index in [1.165, 1.54) is 17.8 Å². The quantitative estimate of drug-likeness (QED) is 0.674. The number of thioether (sulfide) groups is 1. The van der Waals surface area contributed by atoms with Gasteiger partial charge in [-0.25, -0.2) is 13.8 Å². The number of aliphatic hydroxyl groups is 2. The number of nitrogens with zero attached hydrogens (tertiary/aromatic N) is 2. The highest BCUT2D eigenvalue weighted by molar-refractivity contribution is 7.98. The molecule has 0 bridgehead atoms. The number of halogens is 2. The number of Topliss-reactive ketones (excluding diaryl/α,β-unsaturated/α-hetero) is 1. The highest BCUT2D eigenvalue weighted by atomic mass is 32.2. The predicted octanol–water partition coefficient (Wildman–Crippen LogP) is 4.20. The summed E-state index contributed by atoms with van der Waals surface area (Å²) in [7, 11) is 0. The Morgan fingerprint density at radius 2 is 1.88 bits per heavy atom. The first-order chi connectivity index (χ1) is 15.4. The summed E-state index contributed by atoms with van der Waals surface area (Å²) in [5.41, 5.74) is 1.34. The van der Waals surface area contributed by atoms with Crippen LogP contribution in [-0.2, 0) is 10.5 Å². The van der Waals surface area contributed by atoms with Gasteiger partial charge in [0.15, 0.2) is 11.6 Å². The lowest BCUT2D eigenvalue weighted by Crippen LogP contribution is -2.53. The normalized spacial score (nSPS) is 26.0. The van der Waals surface area contributed by atoms with Crippen molar-refractivity contribution >= 4 is 17.5 Å². The third kappa shape index (κ3) is 2.73. The maximum Gasteiger partial charge on any atom is 0.216 e. The van der Waals surface area contributed by atoms with Crippen molar-refractivity contribution in [1.29, 1.82) is 0 Å². The molecular weight excluding hydrogens is 434 g/mol. The van der Waals surface area contributed by atoms with Crippen LogP contribution < -0.4 is 0 Å². The third-order valence-corrected chi connectivity index (χ3v) is 7.99. The molecule has 1 spiro atoms. The molecule has 5 nitrogen and oxygen atoms in total. The van der Waals surface area contributed by atoms with Crippen LogP contribution in [0, 0.1) is 17.0 Å². The molecule has 0 saturated heterocycles. The molecular formula is C24H20F2N2O3S. The van der Waals surface area contributed by atoms with E-state index in [0.717, 1.165) is 16.5 Å². The van der Waals surface area contributed by atoms with Crippen LogP contribution in [0.4, 0.5) is 8.78 Å². The molecule has 1 unspecified atom stereocenters. The molecule has 164 valence electrons. The number of rotatable bonds is 1. The lowest BCUT2D eigenvalue weighted by Gasteiger charge is -2.48. The van der Waals surface area contributed by atoms with Gasteiger partial charge >= 0.3 is 0 Å². The summed E-state index contributed by atoms with van der Waals surface area (Å²) in [6, 6.07) is 9.99. The Morgan fingerprint density at radius 1 is 1.09 bits per heavy atom. The summed E-state index contributed by atoms with van der Waals surface area (Å²) >= 11 is 1.45. The van der Waals surface area contributed by atoms with Gasteiger partial charge in [0.05, 0.1) is 6.04 Å². The SMILES string of the molecule is O=C1C2=C(O)C3(CC3)CN([C@H]3c4ccccc4SCc4c3ccc(F)c4F)N2C=CC1O. The van der Waals surface area contributed by atoms with E-state index in [1.807, 2.05) is 29.3 Å². The lowest BCUT2D eigenvalue weighted by molar-refractivity contribution is -0.129. The topological polar surface area (TPSA) is 64.0 Å². The fourth-order valence-electron chi connectivity index (χ4n) is 4.98. The van der Waals surface area contributed by atoms with E-state index >= 15 is 0 Å². The van der Waals surface area contributed by atoms with Crippen molar-refractivity contribution in [2.75, 3.05) is 6.54 Å². The van der Waals surface area contributed by atoms with E-state index in [9.17, 15) is 23.8 Å². The van der Waals surface area contributed by atoms with E-state index in [-0.39, 0.29) is 17.2 Å². The standard InChI is InChI=1S/C24H20F2N2O3S/c25-16-6-5-13-15(19(16)26)11-32-18-4-2-1-3-14(18)20(13)28-12-24(8-9-24)23(31)21-22(30)17(29)7-10-27(21)28/h1-7,10,17,20,29,31H,8-9,11-12H2/t17?,20-/m1/s1. The van der Waals surface area contributed by atoms with Gasteiger partial charge in [0.2, 0.25) is 5.78 Å². The molecule has 32 heavy (non-hydrogen) atoms. The van der Waals surface area contributed by atoms with Crippen molar-refractivity contribution in [1.82, 2.24) is 10.0 Å². The number of carbonyl (C=O) groups excluding carboxylic acids is 1. The van der Waals surface area contributed by atoms with E-state index < -0.39 is 35.0 Å². The van der Waals surface area contributed by atoms with Crippen molar-refractivity contribution in [3.8, 4) is 0 Å². The van der Waals surface area contributed by atoms with E-state index in [0.29, 0.717) is 30.5 Å². The van der Waals surface area contributed by atoms with Gasteiger partial charge in [-0.05, 0) is 42.2 Å². The molecule has 1 saturated carbocycles. The molecule has 0 radical (unpaired) electrons. The smallest absolute Gasteiger partial charge is 0.216 e. The van der Waals surface area contributed by atoms with Crippen LogP contribution in [0.15, 0.2) is 65.0 Å². The van der Waals surface area contributed by atoms with Crippen molar-refractivity contribution < 1.29 is 23.8 Å². The average Bonchev–Trinajstić information content (AvgIpc) is 3.58. The summed E-state index contributed by atoms with van der Waals surface area (Å²) in [6.07, 6.45) is 3.06. The minimum Gasteiger partial charge on any atom is -0.509 e. The first-order valence-electron chi connectivity index (χ1n) is 10.5. The second kappa shape index (κ2) is 6.91. The number of fused-ring (bicyclic) bond motifs is 3. The highest BCUT2D eigenvalue weighted by Gasteiger charge is 2.57. The summed E-state index contributed by atoms with van der Waals surface area (Å²) in [5.74, 6) is -2.02. The van der Waals surface area contributed by atoms with Crippen molar-refractivity contribution in [2.45, 2.75) is 35.6 Å². The zero-order valence-corrected chi connectivity index (χ0v) is 17.8. The molecule has 0 amide bonds. The predicted molar refractivity (Wildman–Crippen MR) is 114 cm³/mol. The summed E-state index contributed by atoms with van der Waals surface area (Å²) < 4.78 is 29.1. The molecule has 8 heteroatoms. The molecule has 2 aromatic carbocycles. The van der Waals surface area contributed by atoms with Crippen LogP contribution >= 0.6 is 11.8 Å². The van der Waals surface area contributed by atoms with Gasteiger partial charge in [0.1, 0.15) is 17.6 Å². The first-order valence-corrected chi connectivity index (χ1v) is 11.5.